The Hall–Kier alpha value is -2.15. The van der Waals surface area contributed by atoms with Crippen molar-refractivity contribution in [3.05, 3.63) is 23.2 Å². The van der Waals surface area contributed by atoms with E-state index in [1.54, 1.807) is 43.8 Å². The minimum absolute atomic E-state index is 0.364. The summed E-state index contributed by atoms with van der Waals surface area (Å²) in [6, 6.07) is 5.54. The van der Waals surface area contributed by atoms with Crippen LogP contribution in [0.3, 0.4) is 0 Å². The monoisotopic (exact) mass is 365 g/mol. The zero-order valence-electron chi connectivity index (χ0n) is 15.2. The minimum atomic E-state index is -0.581. The van der Waals surface area contributed by atoms with Gasteiger partial charge in [-0.05, 0) is 57.0 Å². The number of carbonyl (C=O) groups is 1. The third-order valence-corrected chi connectivity index (χ3v) is 3.49. The first-order valence-corrected chi connectivity index (χ1v) is 8.79. The topological polar surface area (TPSA) is 81.9 Å². The van der Waals surface area contributed by atoms with Gasteiger partial charge in [0.25, 0.3) is 0 Å². The van der Waals surface area contributed by atoms with Gasteiger partial charge in [0.1, 0.15) is 5.60 Å². The fraction of sp³-hybridized carbons (Fsp3) is 0.529. The number of amides is 1. The standard InChI is InChI=1S/C15H18ClN5O2.C2H6/c1-15(2,3)23-14(22)17-12-8-9(4-7-11(12)16)13-18-20-21(19-13)10-5-6-10;1-2/h4,7-8,10H,5-6H2,1-3H3,(H,17,22);1-2H3. The number of hydrogen-bond acceptors (Lipinski definition) is 5. The van der Waals surface area contributed by atoms with Crippen LogP contribution in [0.1, 0.15) is 53.5 Å². The highest BCUT2D eigenvalue weighted by Gasteiger charge is 2.26. The number of hydrogen-bond donors (Lipinski definition) is 1. The van der Waals surface area contributed by atoms with Crippen LogP contribution in [-0.2, 0) is 4.74 Å². The molecule has 0 atom stereocenters. The molecule has 1 saturated carbocycles. The molecule has 7 nitrogen and oxygen atoms in total. The second kappa shape index (κ2) is 7.82. The van der Waals surface area contributed by atoms with Crippen LogP contribution >= 0.6 is 11.6 Å². The Morgan fingerprint density at radius 1 is 1.32 bits per heavy atom. The lowest BCUT2D eigenvalue weighted by Crippen LogP contribution is -2.27. The number of nitrogens with zero attached hydrogens (tertiary/aromatic N) is 4. The summed E-state index contributed by atoms with van der Waals surface area (Å²) < 4.78 is 5.23. The summed E-state index contributed by atoms with van der Waals surface area (Å²) in [6.07, 6.45) is 1.61. The quantitative estimate of drug-likeness (QED) is 0.852. The van der Waals surface area contributed by atoms with E-state index in [-0.39, 0.29) is 0 Å². The maximum absolute atomic E-state index is 11.9. The van der Waals surface area contributed by atoms with E-state index in [9.17, 15) is 4.79 Å². The molecule has 1 amide bonds. The molecule has 0 radical (unpaired) electrons. The molecule has 0 aliphatic heterocycles. The van der Waals surface area contributed by atoms with E-state index in [1.165, 1.54) is 0 Å². The number of benzene rings is 1. The molecule has 0 spiro atoms. The Morgan fingerprint density at radius 3 is 2.60 bits per heavy atom. The predicted molar refractivity (Wildman–Crippen MR) is 97.7 cm³/mol. The van der Waals surface area contributed by atoms with Crippen LogP contribution < -0.4 is 5.32 Å². The number of ether oxygens (including phenoxy) is 1. The van der Waals surface area contributed by atoms with Gasteiger partial charge in [0.15, 0.2) is 0 Å². The van der Waals surface area contributed by atoms with Crippen LogP contribution in [-0.4, -0.2) is 31.9 Å². The van der Waals surface area contributed by atoms with E-state index in [1.807, 2.05) is 13.8 Å². The van der Waals surface area contributed by atoms with Gasteiger partial charge in [0, 0.05) is 5.56 Å². The number of anilines is 1. The number of carbonyl (C=O) groups excluding carboxylic acids is 1. The normalized spacial score (nSPS) is 13.7. The predicted octanol–water partition coefficient (Wildman–Crippen LogP) is 4.70. The summed E-state index contributed by atoms with van der Waals surface area (Å²) in [6.45, 7) is 9.39. The van der Waals surface area contributed by atoms with Gasteiger partial charge in [0.2, 0.25) is 5.82 Å². The lowest BCUT2D eigenvalue weighted by atomic mass is 10.2. The van der Waals surface area contributed by atoms with Crippen molar-refractivity contribution in [2.24, 2.45) is 0 Å². The summed E-state index contributed by atoms with van der Waals surface area (Å²) in [7, 11) is 0. The number of rotatable bonds is 3. The zero-order valence-corrected chi connectivity index (χ0v) is 16.0. The van der Waals surface area contributed by atoms with E-state index in [4.69, 9.17) is 16.3 Å². The molecule has 136 valence electrons. The number of nitrogens with one attached hydrogen (secondary N) is 1. The van der Waals surface area contributed by atoms with Crippen molar-refractivity contribution in [2.75, 3.05) is 5.32 Å². The molecule has 1 N–H and O–H groups in total. The van der Waals surface area contributed by atoms with Gasteiger partial charge < -0.3 is 4.74 Å². The molecular formula is C17H24ClN5O2. The Morgan fingerprint density at radius 2 is 2.00 bits per heavy atom. The summed E-state index contributed by atoms with van der Waals surface area (Å²) in [4.78, 5) is 13.5. The maximum Gasteiger partial charge on any atom is 0.412 e. The van der Waals surface area contributed by atoms with Crippen molar-refractivity contribution in [1.29, 1.82) is 0 Å². The van der Waals surface area contributed by atoms with Gasteiger partial charge in [-0.1, -0.05) is 25.4 Å². The highest BCUT2D eigenvalue weighted by atomic mass is 35.5. The Balaban J connectivity index is 0.00000109. The van der Waals surface area contributed by atoms with Crippen molar-refractivity contribution in [3.63, 3.8) is 0 Å². The molecule has 1 aromatic heterocycles. The molecule has 0 bridgehead atoms. The lowest BCUT2D eigenvalue weighted by Gasteiger charge is -2.20. The van der Waals surface area contributed by atoms with E-state index in [0.29, 0.717) is 22.6 Å². The van der Waals surface area contributed by atoms with Gasteiger partial charge in [-0.25, -0.2) is 4.79 Å². The fourth-order valence-corrected chi connectivity index (χ4v) is 2.14. The summed E-state index contributed by atoms with van der Waals surface area (Å²) >= 11 is 6.13. The van der Waals surface area contributed by atoms with E-state index in [2.05, 4.69) is 20.7 Å². The van der Waals surface area contributed by atoms with Crippen LogP contribution in [0.5, 0.6) is 0 Å². The van der Waals surface area contributed by atoms with E-state index < -0.39 is 11.7 Å². The largest absolute Gasteiger partial charge is 0.444 e. The second-order valence-corrected chi connectivity index (χ2v) is 6.89. The van der Waals surface area contributed by atoms with Crippen molar-refractivity contribution >= 4 is 23.4 Å². The molecule has 0 unspecified atom stereocenters. The maximum atomic E-state index is 11.9. The van der Waals surface area contributed by atoms with E-state index >= 15 is 0 Å². The summed E-state index contributed by atoms with van der Waals surface area (Å²) in [5.41, 5.74) is 0.594. The third-order valence-electron chi connectivity index (χ3n) is 3.16. The first-order chi connectivity index (χ1) is 11.8. The van der Waals surface area contributed by atoms with Crippen molar-refractivity contribution in [2.45, 2.75) is 59.1 Å². The van der Waals surface area contributed by atoms with Gasteiger partial charge in [-0.15, -0.1) is 10.2 Å². The number of tetrazole rings is 1. The van der Waals surface area contributed by atoms with Crippen molar-refractivity contribution in [3.8, 4) is 11.4 Å². The molecule has 1 aromatic carbocycles. The highest BCUT2D eigenvalue weighted by molar-refractivity contribution is 6.33. The van der Waals surface area contributed by atoms with Crippen LogP contribution in [0.2, 0.25) is 5.02 Å². The second-order valence-electron chi connectivity index (χ2n) is 6.49. The zero-order chi connectivity index (χ0) is 18.6. The Bertz CT molecular complexity index is 735. The molecule has 0 saturated heterocycles. The van der Waals surface area contributed by atoms with Gasteiger partial charge in [0.05, 0.1) is 16.8 Å². The van der Waals surface area contributed by atoms with Gasteiger partial charge >= 0.3 is 6.09 Å². The van der Waals surface area contributed by atoms with Crippen LogP contribution in [0, 0.1) is 0 Å². The van der Waals surface area contributed by atoms with Crippen LogP contribution in [0.15, 0.2) is 18.2 Å². The number of aromatic nitrogens is 4. The molecule has 8 heteroatoms. The van der Waals surface area contributed by atoms with Crippen molar-refractivity contribution in [1.82, 2.24) is 20.2 Å². The first kappa shape index (κ1) is 19.2. The smallest absolute Gasteiger partial charge is 0.412 e. The number of halogens is 1. The SMILES string of the molecule is CC.CC(C)(C)OC(=O)Nc1cc(-c2nnn(C3CC3)n2)ccc1Cl. The molecule has 25 heavy (non-hydrogen) atoms. The highest BCUT2D eigenvalue weighted by Crippen LogP contribution is 2.34. The molecule has 1 aliphatic carbocycles. The molecular weight excluding hydrogens is 342 g/mol. The molecule has 1 fully saturated rings. The van der Waals surface area contributed by atoms with Gasteiger partial charge in [-0.2, -0.15) is 4.80 Å². The third kappa shape index (κ3) is 5.42. The average molecular weight is 366 g/mol. The summed E-state index contributed by atoms with van der Waals surface area (Å²) in [5, 5.41) is 15.5. The van der Waals surface area contributed by atoms with Gasteiger partial charge in [-0.3, -0.25) is 5.32 Å². The molecule has 1 heterocycles. The first-order valence-electron chi connectivity index (χ1n) is 8.41. The average Bonchev–Trinajstić information content (AvgIpc) is 3.27. The van der Waals surface area contributed by atoms with E-state index in [0.717, 1.165) is 18.4 Å². The molecule has 3 rings (SSSR count). The molecule has 1 aliphatic rings. The minimum Gasteiger partial charge on any atom is -0.444 e. The fourth-order valence-electron chi connectivity index (χ4n) is 1.97. The summed E-state index contributed by atoms with van der Waals surface area (Å²) in [5.74, 6) is 0.501. The lowest BCUT2D eigenvalue weighted by molar-refractivity contribution is 0.0636. The van der Waals surface area contributed by atoms with Crippen molar-refractivity contribution < 1.29 is 9.53 Å². The van der Waals surface area contributed by atoms with Crippen LogP contribution in [0.4, 0.5) is 10.5 Å². The van der Waals surface area contributed by atoms with Crippen LogP contribution in [0.25, 0.3) is 11.4 Å². The molecule has 2 aromatic rings. The Labute approximate surface area is 152 Å². The Kier molecular flexibility index (Phi) is 6.00.